The van der Waals surface area contributed by atoms with Gasteiger partial charge < -0.3 is 14.4 Å². The second kappa shape index (κ2) is 12.2. The predicted octanol–water partition coefficient (Wildman–Crippen LogP) is 4.57. The number of ether oxygens (including phenoxy) is 2. The molecule has 40 heavy (non-hydrogen) atoms. The lowest BCUT2D eigenvalue weighted by molar-refractivity contribution is 0.0693. The third-order valence-electron chi connectivity index (χ3n) is 6.62. The summed E-state index contributed by atoms with van der Waals surface area (Å²) in [6.07, 6.45) is 1.77. The van der Waals surface area contributed by atoms with Crippen LogP contribution in [0, 0.1) is 5.92 Å². The fraction of sp³-hybridized carbons (Fsp3) is 0.321. The van der Waals surface area contributed by atoms with E-state index in [-0.39, 0.29) is 32.7 Å². The van der Waals surface area contributed by atoms with Gasteiger partial charge in [-0.2, -0.15) is 0 Å². The maximum atomic E-state index is 13.2. The number of piperidine rings is 1. The molecule has 0 aromatic heterocycles. The summed E-state index contributed by atoms with van der Waals surface area (Å²) in [5.41, 5.74) is 0.688. The Morgan fingerprint density at radius 2 is 1.38 bits per heavy atom. The fourth-order valence-electron chi connectivity index (χ4n) is 4.32. The normalized spacial score (nSPS) is 14.4. The molecule has 0 unspecified atom stereocenters. The number of sulfonamides is 2. The summed E-state index contributed by atoms with van der Waals surface area (Å²) in [5.74, 6) is 1.16. The lowest BCUT2D eigenvalue weighted by Crippen LogP contribution is -2.38. The largest absolute Gasteiger partial charge is 0.496 e. The maximum absolute atomic E-state index is 13.2. The molecular weight excluding hydrogens is 554 g/mol. The SMILES string of the molecule is CCOc1ccc(NS(=O)(=O)c2ccc(NS(=O)(=O)c3ccc(OC)c(C(=O)N4CCC(C)CC4)c3)cc2)cc1. The number of nitrogens with zero attached hydrogens (tertiary/aromatic N) is 1. The first-order valence-electron chi connectivity index (χ1n) is 12.9. The van der Waals surface area contributed by atoms with E-state index in [2.05, 4.69) is 16.4 Å². The Balaban J connectivity index is 1.49. The van der Waals surface area contributed by atoms with Crippen LogP contribution in [0.2, 0.25) is 0 Å². The summed E-state index contributed by atoms with van der Waals surface area (Å²) in [5, 5.41) is 0. The first-order valence-corrected chi connectivity index (χ1v) is 15.8. The third kappa shape index (κ3) is 6.86. The number of benzene rings is 3. The van der Waals surface area contributed by atoms with Crippen molar-refractivity contribution < 1.29 is 31.1 Å². The fourth-order valence-corrected chi connectivity index (χ4v) is 6.46. The van der Waals surface area contributed by atoms with Crippen LogP contribution in [0.15, 0.2) is 76.5 Å². The van der Waals surface area contributed by atoms with E-state index in [1.54, 1.807) is 29.2 Å². The molecule has 12 heteroatoms. The summed E-state index contributed by atoms with van der Waals surface area (Å²) >= 11 is 0. The summed E-state index contributed by atoms with van der Waals surface area (Å²) < 4.78 is 67.6. The van der Waals surface area contributed by atoms with Gasteiger partial charge in [-0.1, -0.05) is 6.92 Å². The van der Waals surface area contributed by atoms with Crippen molar-refractivity contribution in [3.63, 3.8) is 0 Å². The molecule has 0 aliphatic carbocycles. The Labute approximate surface area is 235 Å². The third-order valence-corrected chi connectivity index (χ3v) is 9.39. The zero-order chi connectivity index (χ0) is 28.9. The van der Waals surface area contributed by atoms with Crippen molar-refractivity contribution in [3.05, 3.63) is 72.3 Å². The number of nitrogens with one attached hydrogen (secondary N) is 2. The predicted molar refractivity (Wildman–Crippen MR) is 153 cm³/mol. The van der Waals surface area contributed by atoms with Gasteiger partial charge in [0, 0.05) is 24.5 Å². The van der Waals surface area contributed by atoms with Gasteiger partial charge >= 0.3 is 0 Å². The molecule has 3 aromatic carbocycles. The van der Waals surface area contributed by atoms with Crippen LogP contribution in [0.5, 0.6) is 11.5 Å². The minimum atomic E-state index is -4.09. The Morgan fingerprint density at radius 3 is 1.93 bits per heavy atom. The first kappa shape index (κ1) is 29.2. The van der Waals surface area contributed by atoms with E-state index in [0.717, 1.165) is 12.8 Å². The molecule has 0 saturated carbocycles. The van der Waals surface area contributed by atoms with Crippen molar-refractivity contribution in [3.8, 4) is 11.5 Å². The molecule has 1 aliphatic rings. The number of methoxy groups -OCH3 is 1. The maximum Gasteiger partial charge on any atom is 0.261 e. The number of carbonyl (C=O) groups is 1. The monoisotopic (exact) mass is 587 g/mol. The summed E-state index contributed by atoms with van der Waals surface area (Å²) in [6.45, 7) is 5.69. The number of rotatable bonds is 10. The average Bonchev–Trinajstić information content (AvgIpc) is 2.94. The van der Waals surface area contributed by atoms with Gasteiger partial charge in [-0.05, 0) is 92.4 Å². The zero-order valence-corrected chi connectivity index (χ0v) is 24.2. The smallest absolute Gasteiger partial charge is 0.261 e. The Bertz CT molecular complexity index is 1550. The molecule has 1 amide bonds. The Morgan fingerprint density at radius 1 is 0.850 bits per heavy atom. The van der Waals surface area contributed by atoms with Gasteiger partial charge in [0.25, 0.3) is 26.0 Å². The molecule has 4 rings (SSSR count). The number of carbonyl (C=O) groups excluding carboxylic acids is 1. The zero-order valence-electron chi connectivity index (χ0n) is 22.6. The molecule has 1 heterocycles. The highest BCUT2D eigenvalue weighted by molar-refractivity contribution is 7.93. The van der Waals surface area contributed by atoms with Crippen LogP contribution in [0.4, 0.5) is 11.4 Å². The molecule has 0 spiro atoms. The molecule has 0 bridgehead atoms. The molecule has 0 radical (unpaired) electrons. The first-order chi connectivity index (χ1) is 19.0. The van der Waals surface area contributed by atoms with Crippen LogP contribution < -0.4 is 18.9 Å². The van der Waals surface area contributed by atoms with Crippen LogP contribution in [0.25, 0.3) is 0 Å². The Hall–Kier alpha value is -3.77. The molecule has 1 fully saturated rings. The summed E-state index contributed by atoms with van der Waals surface area (Å²) in [4.78, 5) is 14.7. The highest BCUT2D eigenvalue weighted by Gasteiger charge is 2.26. The van der Waals surface area contributed by atoms with E-state index in [0.29, 0.717) is 37.1 Å². The number of likely N-dealkylation sites (tertiary alicyclic amines) is 1. The topological polar surface area (TPSA) is 131 Å². The van der Waals surface area contributed by atoms with Crippen LogP contribution >= 0.6 is 0 Å². The summed E-state index contributed by atoms with van der Waals surface area (Å²) in [7, 11) is -6.58. The van der Waals surface area contributed by atoms with Crippen molar-refractivity contribution in [2.24, 2.45) is 5.92 Å². The average molecular weight is 588 g/mol. The van der Waals surface area contributed by atoms with E-state index in [1.807, 2.05) is 6.92 Å². The van der Waals surface area contributed by atoms with Gasteiger partial charge in [-0.3, -0.25) is 14.2 Å². The minimum Gasteiger partial charge on any atom is -0.496 e. The molecule has 10 nitrogen and oxygen atoms in total. The van der Waals surface area contributed by atoms with Gasteiger partial charge in [0.1, 0.15) is 11.5 Å². The van der Waals surface area contributed by atoms with Crippen molar-refractivity contribution in [2.75, 3.05) is 36.3 Å². The van der Waals surface area contributed by atoms with Gasteiger partial charge in [0.2, 0.25) is 0 Å². The molecule has 1 aliphatic heterocycles. The van der Waals surface area contributed by atoms with Crippen LogP contribution in [0.3, 0.4) is 0 Å². The van der Waals surface area contributed by atoms with Gasteiger partial charge in [0.05, 0.1) is 29.1 Å². The van der Waals surface area contributed by atoms with Crippen LogP contribution in [-0.4, -0.2) is 54.4 Å². The second-order valence-corrected chi connectivity index (χ2v) is 12.9. The van der Waals surface area contributed by atoms with Gasteiger partial charge in [0.15, 0.2) is 0 Å². The number of hydrogen-bond acceptors (Lipinski definition) is 7. The number of hydrogen-bond donors (Lipinski definition) is 2. The number of anilines is 2. The van der Waals surface area contributed by atoms with Crippen molar-refractivity contribution in [2.45, 2.75) is 36.5 Å². The molecular formula is C28H33N3O7S2. The highest BCUT2D eigenvalue weighted by atomic mass is 32.2. The van der Waals surface area contributed by atoms with E-state index < -0.39 is 20.0 Å². The standard InChI is InChI=1S/C28H33N3O7S2/c1-4-38-23-9-5-21(6-10-23)29-39(33,34)24-11-7-22(8-12-24)30-40(35,36)25-13-14-27(37-3)26(19-25)28(32)31-17-15-20(2)16-18-31/h5-14,19-20,29-30H,4,15-18H2,1-3H3. The van der Waals surface area contributed by atoms with E-state index in [4.69, 9.17) is 9.47 Å². The van der Waals surface area contributed by atoms with Crippen molar-refractivity contribution >= 4 is 37.3 Å². The lowest BCUT2D eigenvalue weighted by atomic mass is 9.98. The number of amides is 1. The molecule has 2 N–H and O–H groups in total. The van der Waals surface area contributed by atoms with Gasteiger partial charge in [-0.25, -0.2) is 16.8 Å². The molecule has 214 valence electrons. The van der Waals surface area contributed by atoms with Crippen LogP contribution in [-0.2, 0) is 20.0 Å². The van der Waals surface area contributed by atoms with Crippen LogP contribution in [0.1, 0.15) is 37.0 Å². The highest BCUT2D eigenvalue weighted by Crippen LogP contribution is 2.28. The minimum absolute atomic E-state index is 0.0440. The molecule has 3 aromatic rings. The van der Waals surface area contributed by atoms with Crippen molar-refractivity contribution in [1.82, 2.24) is 4.90 Å². The van der Waals surface area contributed by atoms with Crippen molar-refractivity contribution in [1.29, 1.82) is 0 Å². The Kier molecular flexibility index (Phi) is 8.89. The second-order valence-electron chi connectivity index (χ2n) is 9.53. The molecule has 0 atom stereocenters. The molecule has 1 saturated heterocycles. The lowest BCUT2D eigenvalue weighted by Gasteiger charge is -2.30. The summed E-state index contributed by atoms with van der Waals surface area (Å²) in [6, 6.07) is 15.9. The quantitative estimate of drug-likeness (QED) is 0.355. The van der Waals surface area contributed by atoms with E-state index >= 15 is 0 Å². The van der Waals surface area contributed by atoms with Gasteiger partial charge in [-0.15, -0.1) is 0 Å². The van der Waals surface area contributed by atoms with E-state index in [9.17, 15) is 21.6 Å². The van der Waals surface area contributed by atoms with E-state index in [1.165, 1.54) is 49.6 Å².